The van der Waals surface area contributed by atoms with Crippen molar-refractivity contribution in [2.24, 2.45) is 0 Å². The molecule has 1 aromatic carbocycles. The van der Waals surface area contributed by atoms with Crippen molar-refractivity contribution in [1.29, 1.82) is 0 Å². The van der Waals surface area contributed by atoms with E-state index in [1.54, 1.807) is 0 Å². The molecule has 1 heterocycles. The van der Waals surface area contributed by atoms with Gasteiger partial charge in [-0.25, -0.2) is 0 Å². The van der Waals surface area contributed by atoms with Gasteiger partial charge in [0.25, 0.3) is 0 Å². The Hall–Kier alpha value is -0.510. The molecule has 2 rings (SSSR count). The lowest BCUT2D eigenvalue weighted by Crippen LogP contribution is -2.46. The van der Waals surface area contributed by atoms with Gasteiger partial charge in [-0.3, -0.25) is 0 Å². The van der Waals surface area contributed by atoms with Crippen molar-refractivity contribution in [1.82, 2.24) is 4.31 Å². The monoisotopic (exact) mass is 265 g/mol. The van der Waals surface area contributed by atoms with Crippen LogP contribution in [0.3, 0.4) is 0 Å². The zero-order valence-electron chi connectivity index (χ0n) is 11.6. The van der Waals surface area contributed by atoms with Crippen molar-refractivity contribution in [3.8, 4) is 0 Å². The van der Waals surface area contributed by atoms with Crippen molar-refractivity contribution in [2.75, 3.05) is 6.54 Å². The Labute approximate surface area is 114 Å². The molecule has 2 nitrogen and oxygen atoms in total. The Bertz CT molecular complexity index is 374. The minimum absolute atomic E-state index is 0.176. The highest BCUT2D eigenvalue weighted by molar-refractivity contribution is 7.90. The molecule has 1 unspecified atom stereocenters. The summed E-state index contributed by atoms with van der Waals surface area (Å²) >= 11 is -0.921. The Morgan fingerprint density at radius 3 is 2.44 bits per heavy atom. The Balaban J connectivity index is 2.22. The molecule has 0 bridgehead atoms. The van der Waals surface area contributed by atoms with Crippen LogP contribution in [0.25, 0.3) is 0 Å². The smallest absolute Gasteiger partial charge is 0.137 e. The Morgan fingerprint density at radius 2 is 1.83 bits per heavy atom. The molecule has 18 heavy (non-hydrogen) atoms. The summed E-state index contributed by atoms with van der Waals surface area (Å²) in [4.78, 5) is 0. The first kappa shape index (κ1) is 13.9. The molecule has 0 aromatic heterocycles. The first-order valence-corrected chi connectivity index (χ1v) is 7.84. The van der Waals surface area contributed by atoms with Crippen LogP contribution in [-0.4, -0.2) is 20.1 Å². The number of piperidine rings is 1. The molecule has 2 atom stereocenters. The van der Waals surface area contributed by atoms with Gasteiger partial charge in [-0.1, -0.05) is 30.3 Å². The summed E-state index contributed by atoms with van der Waals surface area (Å²) in [5.41, 5.74) is 1.30. The molecule has 1 aliphatic rings. The van der Waals surface area contributed by atoms with Gasteiger partial charge in [0.2, 0.25) is 0 Å². The molecule has 0 saturated carbocycles. The van der Waals surface area contributed by atoms with Crippen LogP contribution in [0.15, 0.2) is 30.3 Å². The van der Waals surface area contributed by atoms with Crippen LogP contribution < -0.4 is 0 Å². The Morgan fingerprint density at radius 1 is 1.17 bits per heavy atom. The van der Waals surface area contributed by atoms with Gasteiger partial charge >= 0.3 is 0 Å². The maximum Gasteiger partial charge on any atom is 0.137 e. The molecule has 1 fully saturated rings. The summed E-state index contributed by atoms with van der Waals surface area (Å²) in [6, 6.07) is 10.8. The lowest BCUT2D eigenvalue weighted by Gasteiger charge is -2.40. The fraction of sp³-hybridized carbons (Fsp3) is 0.600. The van der Waals surface area contributed by atoms with Gasteiger partial charge in [0.05, 0.1) is 6.04 Å². The van der Waals surface area contributed by atoms with Gasteiger partial charge in [-0.15, -0.1) is 4.31 Å². The highest BCUT2D eigenvalue weighted by Crippen LogP contribution is 2.36. The normalized spacial score (nSPS) is 23.9. The van der Waals surface area contributed by atoms with E-state index < -0.39 is 11.4 Å². The third-order valence-corrected chi connectivity index (χ3v) is 5.29. The summed E-state index contributed by atoms with van der Waals surface area (Å²) in [7, 11) is 0. The molecule has 1 aliphatic heterocycles. The zero-order valence-corrected chi connectivity index (χ0v) is 12.4. The van der Waals surface area contributed by atoms with Crippen molar-refractivity contribution in [3.63, 3.8) is 0 Å². The Kier molecular flexibility index (Phi) is 4.36. The first-order valence-electron chi connectivity index (χ1n) is 6.74. The van der Waals surface area contributed by atoms with E-state index >= 15 is 0 Å². The van der Waals surface area contributed by atoms with Crippen molar-refractivity contribution in [2.45, 2.75) is 50.8 Å². The van der Waals surface area contributed by atoms with Crippen LogP contribution in [0, 0.1) is 0 Å². The largest absolute Gasteiger partial charge is 0.597 e. The summed E-state index contributed by atoms with van der Waals surface area (Å²) in [5, 5.41) is 0. The van der Waals surface area contributed by atoms with Crippen LogP contribution in [0.2, 0.25) is 0 Å². The fourth-order valence-corrected chi connectivity index (χ4v) is 3.92. The van der Waals surface area contributed by atoms with Gasteiger partial charge in [0.15, 0.2) is 0 Å². The molecular formula is C15H23NOS. The van der Waals surface area contributed by atoms with E-state index in [9.17, 15) is 4.55 Å². The quantitative estimate of drug-likeness (QED) is 0.763. The first-order chi connectivity index (χ1) is 8.50. The van der Waals surface area contributed by atoms with Crippen molar-refractivity contribution >= 4 is 11.4 Å². The molecule has 0 amide bonds. The average molecular weight is 265 g/mol. The number of rotatable bonds is 2. The maximum atomic E-state index is 12.6. The van der Waals surface area contributed by atoms with Crippen LogP contribution in [-0.2, 0) is 11.4 Å². The highest BCUT2D eigenvalue weighted by atomic mass is 32.2. The van der Waals surface area contributed by atoms with E-state index in [0.717, 1.165) is 19.4 Å². The van der Waals surface area contributed by atoms with E-state index in [1.165, 1.54) is 12.0 Å². The predicted molar refractivity (Wildman–Crippen MR) is 77.6 cm³/mol. The van der Waals surface area contributed by atoms with Gasteiger partial charge in [-0.05, 0) is 45.6 Å². The third-order valence-electron chi connectivity index (χ3n) is 3.37. The molecule has 0 N–H and O–H groups in total. The molecular weight excluding hydrogens is 242 g/mol. The standard InChI is InChI=1S/C15H23NOS/c1-15(2,3)18(17)16-12-8-7-11-14(16)13-9-5-4-6-10-13/h4-6,9-10,14H,7-8,11-12H2,1-3H3/t14-,18?/m0/s1. The van der Waals surface area contributed by atoms with E-state index in [1.807, 2.05) is 6.07 Å². The molecule has 100 valence electrons. The van der Waals surface area contributed by atoms with E-state index in [4.69, 9.17) is 0 Å². The van der Waals surface area contributed by atoms with Crippen molar-refractivity contribution in [3.05, 3.63) is 35.9 Å². The molecule has 1 saturated heterocycles. The lowest BCUT2D eigenvalue weighted by atomic mass is 9.98. The molecule has 0 radical (unpaired) electrons. The second kappa shape index (κ2) is 5.64. The predicted octanol–water partition coefficient (Wildman–Crippen LogP) is 3.68. The maximum absolute atomic E-state index is 12.6. The molecule has 0 aliphatic carbocycles. The van der Waals surface area contributed by atoms with Gasteiger partial charge in [0.1, 0.15) is 4.75 Å². The summed E-state index contributed by atoms with van der Waals surface area (Å²) in [5.74, 6) is 0. The van der Waals surface area contributed by atoms with Gasteiger partial charge in [0, 0.05) is 17.9 Å². The number of nitrogens with zero attached hydrogens (tertiary/aromatic N) is 1. The SMILES string of the molecule is CC(C)(C)[S+]([O-])N1CCCC[C@H]1c1ccccc1. The van der Waals surface area contributed by atoms with Crippen LogP contribution in [0.5, 0.6) is 0 Å². The summed E-state index contributed by atoms with van der Waals surface area (Å²) in [6.45, 7) is 7.11. The molecule has 3 heteroatoms. The van der Waals surface area contributed by atoms with Gasteiger partial charge < -0.3 is 4.55 Å². The highest BCUT2D eigenvalue weighted by Gasteiger charge is 2.39. The number of hydrogen-bond acceptors (Lipinski definition) is 2. The zero-order chi connectivity index (χ0) is 13.2. The van der Waals surface area contributed by atoms with E-state index in [-0.39, 0.29) is 4.75 Å². The van der Waals surface area contributed by atoms with Gasteiger partial charge in [-0.2, -0.15) is 0 Å². The summed E-state index contributed by atoms with van der Waals surface area (Å²) < 4.78 is 14.7. The summed E-state index contributed by atoms with van der Waals surface area (Å²) in [6.07, 6.45) is 3.51. The lowest BCUT2D eigenvalue weighted by molar-refractivity contribution is 0.250. The van der Waals surface area contributed by atoms with Crippen molar-refractivity contribution < 1.29 is 4.55 Å². The van der Waals surface area contributed by atoms with E-state index in [0.29, 0.717) is 6.04 Å². The van der Waals surface area contributed by atoms with Crippen LogP contribution >= 0.6 is 0 Å². The van der Waals surface area contributed by atoms with Crippen LogP contribution in [0.4, 0.5) is 0 Å². The minimum Gasteiger partial charge on any atom is -0.597 e. The fourth-order valence-electron chi connectivity index (χ4n) is 2.46. The topological polar surface area (TPSA) is 26.3 Å². The second-order valence-electron chi connectivity index (χ2n) is 5.92. The third kappa shape index (κ3) is 3.08. The van der Waals surface area contributed by atoms with Crippen LogP contribution in [0.1, 0.15) is 51.6 Å². The molecule has 1 aromatic rings. The molecule has 0 spiro atoms. The second-order valence-corrected chi connectivity index (χ2v) is 8.12. The van der Waals surface area contributed by atoms with E-state index in [2.05, 4.69) is 49.3 Å². The number of hydrogen-bond donors (Lipinski definition) is 0. The minimum atomic E-state index is -0.921. The average Bonchev–Trinajstić information content (AvgIpc) is 2.38. The number of benzene rings is 1.